The molecule has 2 rings (SSSR count). The summed E-state index contributed by atoms with van der Waals surface area (Å²) in [6.07, 6.45) is 1.27. The number of benzene rings is 1. The first kappa shape index (κ1) is 15.5. The SMILES string of the molecule is CC(OC(=O)c1ccc(C(C)(C)C)cc1)C(=O)NC1CC1. The van der Waals surface area contributed by atoms with Crippen LogP contribution in [0.15, 0.2) is 24.3 Å². The van der Waals surface area contributed by atoms with Gasteiger partial charge in [0.2, 0.25) is 0 Å². The van der Waals surface area contributed by atoms with E-state index < -0.39 is 12.1 Å². The minimum absolute atomic E-state index is 0.0415. The Morgan fingerprint density at radius 1 is 1.19 bits per heavy atom. The van der Waals surface area contributed by atoms with Crippen molar-refractivity contribution in [3.63, 3.8) is 0 Å². The number of hydrogen-bond donors (Lipinski definition) is 1. The average Bonchev–Trinajstić information content (AvgIpc) is 3.21. The zero-order chi connectivity index (χ0) is 15.6. The molecule has 4 nitrogen and oxygen atoms in total. The van der Waals surface area contributed by atoms with Crippen molar-refractivity contribution in [1.82, 2.24) is 5.32 Å². The Morgan fingerprint density at radius 2 is 1.76 bits per heavy atom. The van der Waals surface area contributed by atoms with Gasteiger partial charge in [-0.25, -0.2) is 4.79 Å². The van der Waals surface area contributed by atoms with Crippen LogP contribution in [-0.4, -0.2) is 24.0 Å². The molecule has 21 heavy (non-hydrogen) atoms. The number of rotatable bonds is 4. The molecular weight excluding hydrogens is 266 g/mol. The molecule has 0 saturated heterocycles. The van der Waals surface area contributed by atoms with Crippen LogP contribution in [0.25, 0.3) is 0 Å². The molecule has 1 aromatic carbocycles. The number of esters is 1. The highest BCUT2D eigenvalue weighted by molar-refractivity contribution is 5.92. The molecule has 1 amide bonds. The van der Waals surface area contributed by atoms with Crippen molar-refractivity contribution in [1.29, 1.82) is 0 Å². The Kier molecular flexibility index (Phi) is 4.35. The maximum absolute atomic E-state index is 12.0. The van der Waals surface area contributed by atoms with Gasteiger partial charge >= 0.3 is 5.97 Å². The van der Waals surface area contributed by atoms with Crippen LogP contribution < -0.4 is 5.32 Å². The van der Waals surface area contributed by atoms with Crippen LogP contribution in [0.5, 0.6) is 0 Å². The van der Waals surface area contributed by atoms with Crippen molar-refractivity contribution in [3.05, 3.63) is 35.4 Å². The van der Waals surface area contributed by atoms with Crippen molar-refractivity contribution in [2.45, 2.75) is 58.1 Å². The van der Waals surface area contributed by atoms with Crippen molar-refractivity contribution < 1.29 is 14.3 Å². The van der Waals surface area contributed by atoms with E-state index >= 15 is 0 Å². The second kappa shape index (κ2) is 5.88. The molecule has 0 heterocycles. The van der Waals surface area contributed by atoms with E-state index in [0.717, 1.165) is 18.4 Å². The maximum Gasteiger partial charge on any atom is 0.338 e. The summed E-state index contributed by atoms with van der Waals surface area (Å²) in [5, 5.41) is 2.82. The monoisotopic (exact) mass is 289 g/mol. The van der Waals surface area contributed by atoms with Crippen molar-refractivity contribution in [3.8, 4) is 0 Å². The molecule has 1 atom stereocenters. The lowest BCUT2D eigenvalue weighted by atomic mass is 9.87. The van der Waals surface area contributed by atoms with Gasteiger partial charge in [0.25, 0.3) is 5.91 Å². The predicted molar refractivity (Wildman–Crippen MR) is 81.2 cm³/mol. The summed E-state index contributed by atoms with van der Waals surface area (Å²) in [5.41, 5.74) is 1.66. The summed E-state index contributed by atoms with van der Waals surface area (Å²) in [7, 11) is 0. The van der Waals surface area contributed by atoms with Crippen molar-refractivity contribution in [2.75, 3.05) is 0 Å². The summed E-state index contributed by atoms with van der Waals surface area (Å²) in [6, 6.07) is 7.60. The molecule has 0 radical (unpaired) electrons. The zero-order valence-electron chi connectivity index (χ0n) is 13.1. The average molecular weight is 289 g/mol. The first-order valence-corrected chi connectivity index (χ1v) is 7.39. The largest absolute Gasteiger partial charge is 0.449 e. The topological polar surface area (TPSA) is 55.4 Å². The summed E-state index contributed by atoms with van der Waals surface area (Å²) >= 11 is 0. The summed E-state index contributed by atoms with van der Waals surface area (Å²) < 4.78 is 5.20. The molecule has 1 aromatic rings. The first-order chi connectivity index (χ1) is 9.77. The smallest absolute Gasteiger partial charge is 0.338 e. The van der Waals surface area contributed by atoms with E-state index in [1.807, 2.05) is 12.1 Å². The molecule has 1 fully saturated rings. The van der Waals surface area contributed by atoms with Gasteiger partial charge in [0.1, 0.15) is 0 Å². The van der Waals surface area contributed by atoms with Crippen LogP contribution in [0, 0.1) is 0 Å². The standard InChI is InChI=1S/C17H23NO3/c1-11(15(19)18-14-9-10-14)21-16(20)12-5-7-13(8-6-12)17(2,3)4/h5-8,11,14H,9-10H2,1-4H3,(H,18,19). The third-order valence-electron chi connectivity index (χ3n) is 3.56. The number of carbonyl (C=O) groups excluding carboxylic acids is 2. The molecule has 1 aliphatic carbocycles. The van der Waals surface area contributed by atoms with Gasteiger partial charge in [-0.05, 0) is 42.9 Å². The Balaban J connectivity index is 1.94. The third kappa shape index (κ3) is 4.31. The second-order valence-electron chi connectivity index (χ2n) is 6.66. The molecular formula is C17H23NO3. The fourth-order valence-electron chi connectivity index (χ4n) is 1.93. The highest BCUT2D eigenvalue weighted by Crippen LogP contribution is 2.22. The molecule has 0 spiro atoms. The number of hydrogen-bond acceptors (Lipinski definition) is 3. The van der Waals surface area contributed by atoms with Gasteiger partial charge < -0.3 is 10.1 Å². The van der Waals surface area contributed by atoms with Crippen LogP contribution in [0.1, 0.15) is 56.5 Å². The van der Waals surface area contributed by atoms with E-state index in [9.17, 15) is 9.59 Å². The number of amides is 1. The van der Waals surface area contributed by atoms with Gasteiger partial charge in [0, 0.05) is 6.04 Å². The van der Waals surface area contributed by atoms with E-state index in [0.29, 0.717) is 5.56 Å². The lowest BCUT2D eigenvalue weighted by Gasteiger charge is -2.19. The lowest BCUT2D eigenvalue weighted by molar-refractivity contribution is -0.129. The van der Waals surface area contributed by atoms with Crippen molar-refractivity contribution >= 4 is 11.9 Å². The number of carbonyl (C=O) groups is 2. The van der Waals surface area contributed by atoms with Gasteiger partial charge in [-0.1, -0.05) is 32.9 Å². The molecule has 114 valence electrons. The van der Waals surface area contributed by atoms with Gasteiger partial charge in [0.05, 0.1) is 5.56 Å². The molecule has 0 aromatic heterocycles. The fraction of sp³-hybridized carbons (Fsp3) is 0.529. The van der Waals surface area contributed by atoms with Crippen LogP contribution >= 0.6 is 0 Å². The summed E-state index contributed by atoms with van der Waals surface area (Å²) in [4.78, 5) is 23.8. The van der Waals surface area contributed by atoms with E-state index in [4.69, 9.17) is 4.74 Å². The van der Waals surface area contributed by atoms with Crippen LogP contribution in [0.3, 0.4) is 0 Å². The molecule has 1 N–H and O–H groups in total. The second-order valence-corrected chi connectivity index (χ2v) is 6.66. The molecule has 1 unspecified atom stereocenters. The zero-order valence-corrected chi connectivity index (χ0v) is 13.1. The minimum Gasteiger partial charge on any atom is -0.449 e. The fourth-order valence-corrected chi connectivity index (χ4v) is 1.93. The van der Waals surface area contributed by atoms with Gasteiger partial charge in [-0.3, -0.25) is 4.79 Å². The highest BCUT2D eigenvalue weighted by Gasteiger charge is 2.27. The third-order valence-corrected chi connectivity index (χ3v) is 3.56. The van der Waals surface area contributed by atoms with E-state index in [2.05, 4.69) is 26.1 Å². The highest BCUT2D eigenvalue weighted by atomic mass is 16.5. The summed E-state index contributed by atoms with van der Waals surface area (Å²) in [6.45, 7) is 7.94. The molecule has 1 aliphatic rings. The Morgan fingerprint density at radius 3 is 2.24 bits per heavy atom. The Labute approximate surface area is 125 Å². The molecule has 0 aliphatic heterocycles. The first-order valence-electron chi connectivity index (χ1n) is 7.39. The predicted octanol–water partition coefficient (Wildman–Crippen LogP) is 2.81. The Hall–Kier alpha value is -1.84. The number of nitrogens with one attached hydrogen (secondary N) is 1. The van der Waals surface area contributed by atoms with Crippen LogP contribution in [0.2, 0.25) is 0 Å². The number of ether oxygens (including phenoxy) is 1. The Bertz CT molecular complexity index is 524. The van der Waals surface area contributed by atoms with Crippen LogP contribution in [-0.2, 0) is 14.9 Å². The van der Waals surface area contributed by atoms with Gasteiger partial charge in [-0.2, -0.15) is 0 Å². The maximum atomic E-state index is 12.0. The minimum atomic E-state index is -0.764. The normalized spacial score (nSPS) is 16.2. The van der Waals surface area contributed by atoms with E-state index in [1.165, 1.54) is 0 Å². The van der Waals surface area contributed by atoms with E-state index in [-0.39, 0.29) is 17.4 Å². The molecule has 4 heteroatoms. The van der Waals surface area contributed by atoms with Crippen LogP contribution in [0.4, 0.5) is 0 Å². The molecule has 1 saturated carbocycles. The van der Waals surface area contributed by atoms with E-state index in [1.54, 1.807) is 19.1 Å². The quantitative estimate of drug-likeness (QED) is 0.867. The van der Waals surface area contributed by atoms with Gasteiger partial charge in [-0.15, -0.1) is 0 Å². The van der Waals surface area contributed by atoms with Crippen molar-refractivity contribution in [2.24, 2.45) is 0 Å². The molecule has 0 bridgehead atoms. The lowest BCUT2D eigenvalue weighted by Crippen LogP contribution is -2.37. The summed E-state index contributed by atoms with van der Waals surface area (Å²) in [5.74, 6) is -0.689. The van der Waals surface area contributed by atoms with Gasteiger partial charge in [0.15, 0.2) is 6.10 Å².